The molecule has 0 bridgehead atoms. The van der Waals surface area contributed by atoms with Gasteiger partial charge in [0.25, 0.3) is 0 Å². The Morgan fingerprint density at radius 3 is 1.28 bits per heavy atom. The Labute approximate surface area is 790 Å². The number of aryl methyl sites for hydroxylation is 10. The van der Waals surface area contributed by atoms with Gasteiger partial charge < -0.3 is 17.7 Å². The molecule has 10 aromatic carbocycles. The van der Waals surface area contributed by atoms with Crippen molar-refractivity contribution < 1.29 is 52.4 Å². The van der Waals surface area contributed by atoms with E-state index in [1.807, 2.05) is 123 Å². The molecule has 0 amide bonds. The molecule has 1 spiro atoms. The van der Waals surface area contributed by atoms with Gasteiger partial charge in [-0.2, -0.15) is 0 Å². The predicted molar refractivity (Wildman–Crippen MR) is 540 cm³/mol. The summed E-state index contributed by atoms with van der Waals surface area (Å²) < 4.78 is 135. The molecule has 0 unspecified atom stereocenters. The molecule has 25 rings (SSSR count). The maximum Gasteiger partial charge on any atom is 0.227 e. The van der Waals surface area contributed by atoms with Crippen LogP contribution in [0.2, 0.25) is 0 Å². The highest BCUT2D eigenvalue weighted by atomic mass is 16.3. The van der Waals surface area contributed by atoms with Crippen molar-refractivity contribution in [1.29, 1.82) is 0 Å². The van der Waals surface area contributed by atoms with Gasteiger partial charge in [-0.3, -0.25) is 0 Å². The van der Waals surface area contributed by atoms with Gasteiger partial charge in [0, 0.05) is 152 Å². The number of nitrogens with zero attached hydrogens (tertiary/aromatic N) is 6. The van der Waals surface area contributed by atoms with Gasteiger partial charge in [0.2, 0.25) is 34.2 Å². The lowest BCUT2D eigenvalue weighted by atomic mass is 9.74. The van der Waals surface area contributed by atoms with E-state index in [2.05, 4.69) is 232 Å². The Kier molecular flexibility index (Phi) is 16.7. The average Bonchev–Trinajstić information content (AvgIpc) is 1.51. The summed E-state index contributed by atoms with van der Waals surface area (Å²) in [5, 5.41) is 8.17. The average molecular weight is 1740 g/mol. The summed E-state index contributed by atoms with van der Waals surface area (Å²) in [6, 6.07) is 75.8. The van der Waals surface area contributed by atoms with E-state index in [9.17, 15) is 0 Å². The van der Waals surface area contributed by atoms with Crippen LogP contribution in [0.15, 0.2) is 273 Å². The van der Waals surface area contributed by atoms with Crippen molar-refractivity contribution in [3.8, 4) is 89.5 Å². The first-order chi connectivity index (χ1) is 68.5. The Morgan fingerprint density at radius 1 is 0.356 bits per heavy atom. The minimum Gasteiger partial charge on any atom is -0.454 e. The first-order valence-electron chi connectivity index (χ1n) is 52.5. The predicted octanol–water partition coefficient (Wildman–Crippen LogP) is 29.7. The molecule has 0 N–H and O–H groups in total. The molecule has 0 aliphatic heterocycles. The fourth-order valence-corrected chi connectivity index (χ4v) is 23.6. The molecule has 5 aliphatic rings. The molecule has 0 radical (unpaired) electrons. The number of furan rings is 4. The van der Waals surface area contributed by atoms with Crippen LogP contribution in [-0.4, -0.2) is 9.97 Å². The molecular formula is C122H116N6O4+4. The lowest BCUT2D eigenvalue weighted by molar-refractivity contribution is -0.660. The van der Waals surface area contributed by atoms with Crippen molar-refractivity contribution in [2.24, 2.45) is 28.2 Å². The molecule has 1 fully saturated rings. The highest BCUT2D eigenvalue weighted by Crippen LogP contribution is 2.61. The molecule has 10 heterocycles. The van der Waals surface area contributed by atoms with E-state index in [-0.39, 0.29) is 29.2 Å². The highest BCUT2D eigenvalue weighted by molar-refractivity contribution is 6.18. The quantitative estimate of drug-likeness (QED) is 0.141. The summed E-state index contributed by atoms with van der Waals surface area (Å²) in [6.07, 6.45) is 14.8. The van der Waals surface area contributed by atoms with Crippen molar-refractivity contribution in [3.05, 3.63) is 345 Å². The van der Waals surface area contributed by atoms with Crippen LogP contribution in [0.5, 0.6) is 0 Å². The van der Waals surface area contributed by atoms with Crippen LogP contribution in [-0.2, 0) is 49.9 Å². The van der Waals surface area contributed by atoms with Crippen molar-refractivity contribution in [3.63, 3.8) is 0 Å². The summed E-state index contributed by atoms with van der Waals surface area (Å²) in [5.41, 5.74) is 36.5. The van der Waals surface area contributed by atoms with Crippen LogP contribution in [0.3, 0.4) is 0 Å². The minimum atomic E-state index is -2.81. The Bertz CT molecular complexity index is 8760. The van der Waals surface area contributed by atoms with Crippen LogP contribution in [0.25, 0.3) is 178 Å². The van der Waals surface area contributed by atoms with E-state index >= 15 is 0 Å². The number of benzene rings is 10. The van der Waals surface area contributed by atoms with E-state index in [4.69, 9.17) is 44.1 Å². The summed E-state index contributed by atoms with van der Waals surface area (Å²) in [4.78, 5) is 10.1. The lowest BCUT2D eigenvalue weighted by Crippen LogP contribution is -2.32. The van der Waals surface area contributed by atoms with Gasteiger partial charge in [0.05, 0.1) is 33.3 Å². The van der Waals surface area contributed by atoms with Crippen LogP contribution < -0.4 is 18.3 Å². The van der Waals surface area contributed by atoms with E-state index in [0.717, 1.165) is 127 Å². The van der Waals surface area contributed by atoms with Gasteiger partial charge in [-0.15, -0.1) is 0 Å². The van der Waals surface area contributed by atoms with Gasteiger partial charge in [-0.05, 0) is 192 Å². The van der Waals surface area contributed by atoms with Crippen LogP contribution in [0.4, 0.5) is 0 Å². The molecule has 0 saturated heterocycles. The molecule has 20 aromatic rings. The van der Waals surface area contributed by atoms with Gasteiger partial charge >= 0.3 is 0 Å². The second kappa shape index (κ2) is 31.0. The fourth-order valence-electron chi connectivity index (χ4n) is 23.6. The zero-order valence-electron chi connectivity index (χ0n) is 90.0. The van der Waals surface area contributed by atoms with Crippen molar-refractivity contribution in [1.82, 2.24) is 9.97 Å². The van der Waals surface area contributed by atoms with Gasteiger partial charge in [-0.25, -0.2) is 28.2 Å². The maximum absolute atomic E-state index is 8.45. The third-order valence-electron chi connectivity index (χ3n) is 30.2. The summed E-state index contributed by atoms with van der Waals surface area (Å²) in [6.45, 7) is 16.3. The highest BCUT2D eigenvalue weighted by Gasteiger charge is 2.48. The minimum absolute atomic E-state index is 0.0490. The molecule has 10 nitrogen and oxygen atoms in total. The molecule has 1 saturated carbocycles. The van der Waals surface area contributed by atoms with Crippen LogP contribution in [0.1, 0.15) is 225 Å². The van der Waals surface area contributed by atoms with Crippen molar-refractivity contribution in [2.75, 3.05) is 0 Å². The largest absolute Gasteiger partial charge is 0.454 e. The standard InChI is InChI=1S/C33H33N2O.C31H31N2O.C30H28NO.C28H24NO/c1-19(2)24-17-28(35(5)18-21(24)4)29-20(3)12-13-23-26-16-25-22-10-6-7-11-27(22)33(14-8-9-15-33)31(25)34-32(26)36-30(23)29;1-17(2)22-14-25(33(7)16-19(22)4)26-18(3)12-13-21-27-28-23(15-32-30(27)34-29(21)26)20-10-8-9-11-24(20)31(28,5)6;1-5-30(6-2)23-12-8-7-11-22(23)27-24(30)17-16-21-20-15-14-19(3)26(28(20)32-29(21)27)25-13-9-10-18-31(25)4;1-17-12-13-18-19-14-15-22-25(20-9-5-6-10-21(20)28(22,2)3)27(19)30-26(18)24(17)23-11-7-8-16-29(23)4/h6-7,10-13,16-19H,8-9,14-15H2,1-5H3;8-17H,1-7H3;7-18H,5-6H2,1-4H3;5-16H,1-4H3/q4*+1/i;;1D3,2D3;2D3,3D3. The van der Waals surface area contributed by atoms with Gasteiger partial charge in [-0.1, -0.05) is 252 Å². The summed E-state index contributed by atoms with van der Waals surface area (Å²) in [5.74, 6) is 0.923. The number of rotatable bonds is 8. The van der Waals surface area contributed by atoms with Crippen molar-refractivity contribution >= 4 is 88.0 Å². The SMILES string of the molecule is Cc1c[n+](C)c(-c2c(C)ccc3c2oc2nc4c(cc23)-c2ccccc2C42CCCC2)cc1C(C)C.Cc1c[n+](C)c(-c2c(C)ccc3c2oc2ncc4c(c23)C(C)(C)c2ccccc2-4)cc1C(C)C.[2H]C([2H])([2H])C1(C([2H])([2H])[2H])c2ccccc2-c2c1ccc1c2oc2c(-c3cccc[n+]3C)c(C)ccc21.[2H]C([2H])([2H])CC1(CC([2H])([2H])[2H])c2ccccc2-c2c1ccc1c2oc2c(-c3cccc[n+]3C)c(C)ccc21. The number of aromatic nitrogens is 6. The summed E-state index contributed by atoms with van der Waals surface area (Å²) in [7, 11) is 8.25. The first kappa shape index (κ1) is 71.1. The molecule has 10 aromatic heterocycles. The maximum atomic E-state index is 8.45. The van der Waals surface area contributed by atoms with Crippen molar-refractivity contribution in [2.45, 2.75) is 183 Å². The summed E-state index contributed by atoms with van der Waals surface area (Å²) >= 11 is 0. The third kappa shape index (κ3) is 12.3. The third-order valence-corrected chi connectivity index (χ3v) is 30.2. The molecule has 132 heavy (non-hydrogen) atoms. The first-order valence-corrected chi connectivity index (χ1v) is 46.5. The molecule has 10 heteroatoms. The van der Waals surface area contributed by atoms with Gasteiger partial charge in [0.1, 0.15) is 50.5 Å². The zero-order valence-corrected chi connectivity index (χ0v) is 78.0. The zero-order chi connectivity index (χ0) is 101. The van der Waals surface area contributed by atoms with Crippen LogP contribution in [0, 0.1) is 41.5 Å². The van der Waals surface area contributed by atoms with E-state index in [1.54, 1.807) is 30.3 Å². The second-order valence-corrected chi connectivity index (χ2v) is 38.9. The number of hydrogen-bond donors (Lipinski definition) is 0. The fraction of sp³-hybridized carbons (Fsp3) is 0.262. The normalized spacial score (nSPS) is 16.4. The number of hydrogen-bond acceptors (Lipinski definition) is 6. The lowest BCUT2D eigenvalue weighted by Gasteiger charge is -2.29. The van der Waals surface area contributed by atoms with E-state index in [1.165, 1.54) is 121 Å². The van der Waals surface area contributed by atoms with E-state index < -0.39 is 38.2 Å². The topological polar surface area (TPSA) is 93.9 Å². The Morgan fingerprint density at radius 2 is 0.765 bits per heavy atom. The number of pyridine rings is 6. The van der Waals surface area contributed by atoms with Gasteiger partial charge in [0.15, 0.2) is 36.0 Å². The molecule has 654 valence electrons. The number of fused-ring (bicyclic) bond motifs is 29. The van der Waals surface area contributed by atoms with Crippen LogP contribution >= 0.6 is 0 Å². The molecular weight excluding hydrogens is 1610 g/mol. The molecule has 5 aliphatic carbocycles. The van der Waals surface area contributed by atoms with E-state index in [0.29, 0.717) is 50.8 Å². The second-order valence-electron chi connectivity index (χ2n) is 38.9. The monoisotopic (exact) mass is 1740 g/mol. The Hall–Kier alpha value is -13.7. The smallest absolute Gasteiger partial charge is 0.227 e. The Balaban J connectivity index is 0.000000110. The molecule has 0 atom stereocenters.